The van der Waals surface area contributed by atoms with Gasteiger partial charge < -0.3 is 34.7 Å². The zero-order chi connectivity index (χ0) is 4.99. The van der Waals surface area contributed by atoms with Gasteiger partial charge in [0, 0.05) is 29.9 Å². The van der Waals surface area contributed by atoms with E-state index >= 15 is 0 Å². The van der Waals surface area contributed by atoms with Gasteiger partial charge in [-0.2, -0.15) is 0 Å². The average Bonchev–Trinajstić information content (AvgIpc) is 1.35. The van der Waals surface area contributed by atoms with Crippen molar-refractivity contribution < 1.29 is 34.7 Å². The molecular formula is C4H8Cl3O2Sn-3. The van der Waals surface area contributed by atoms with Crippen molar-refractivity contribution in [2.24, 2.45) is 0 Å². The number of rotatable bonds is 2. The molecule has 0 aliphatic heterocycles. The number of carbonyl (C=O) groups excluding carboxylic acids is 1. The molecule has 0 rings (SSSR count). The molecule has 0 unspecified atom stereocenters. The first-order chi connectivity index (χ1) is 2.77. The first-order valence-corrected chi connectivity index (χ1v) is 1.97. The van der Waals surface area contributed by atoms with E-state index in [2.05, 4.69) is 0 Å². The van der Waals surface area contributed by atoms with Crippen LogP contribution in [-0.4, -0.2) is 29.9 Å². The minimum Gasteiger partial charge on any atom is -1.00 e. The Labute approximate surface area is 96.3 Å². The van der Waals surface area contributed by atoms with Crippen molar-refractivity contribution in [3.63, 3.8) is 0 Å². The smallest absolute Gasteiger partial charge is 0.0414 e. The van der Waals surface area contributed by atoms with Crippen LogP contribution in [0.3, 0.4) is 0 Å². The molecule has 0 atom stereocenters. The molecule has 0 saturated carbocycles. The Morgan fingerprint density at radius 2 is 1.70 bits per heavy atom. The Hall–Kier alpha value is 1.14. The van der Waals surface area contributed by atoms with Crippen LogP contribution in [0.15, 0.2) is 0 Å². The quantitative estimate of drug-likeness (QED) is 0.476. The molecule has 64 valence electrons. The predicted molar refractivity (Wildman–Crippen MR) is 32.9 cm³/mol. The molecule has 4 radical (unpaired) electrons. The number of halogens is 3. The molecule has 0 aliphatic carbocycles. The summed E-state index contributed by atoms with van der Waals surface area (Å²) in [7, 11) is 0. The maximum atomic E-state index is 9.49. The molecule has 0 aromatic rings. The van der Waals surface area contributed by atoms with Crippen LogP contribution in [0.25, 0.3) is 0 Å². The van der Waals surface area contributed by atoms with Crippen LogP contribution in [0, 0.1) is 0 Å². The third-order valence-electron chi connectivity index (χ3n) is 0.454. The van der Waals surface area contributed by atoms with E-state index in [0.29, 0.717) is 6.42 Å². The van der Waals surface area contributed by atoms with Crippen LogP contribution in [0.4, 0.5) is 0 Å². The van der Waals surface area contributed by atoms with Crippen LogP contribution in [0.5, 0.6) is 0 Å². The van der Waals surface area contributed by atoms with Gasteiger partial charge >= 0.3 is 0 Å². The first-order valence-electron chi connectivity index (χ1n) is 1.97. The molecule has 0 heterocycles. The van der Waals surface area contributed by atoms with Gasteiger partial charge in [0.2, 0.25) is 0 Å². The van der Waals surface area contributed by atoms with Crippen molar-refractivity contribution in [1.29, 1.82) is 0 Å². The summed E-state index contributed by atoms with van der Waals surface area (Å²) in [4.78, 5) is 9.49. The van der Waals surface area contributed by atoms with Crippen molar-refractivity contribution in [2.45, 2.75) is 19.8 Å². The summed E-state index contributed by atoms with van der Waals surface area (Å²) < 4.78 is 0. The van der Waals surface area contributed by atoms with Crippen molar-refractivity contribution >= 4 is 42.3 Å². The predicted octanol–water partition coefficient (Wildman–Crippen LogP) is -6.41. The average molecular weight is 313 g/mol. The fourth-order valence-electron chi connectivity index (χ4n) is 0.204. The normalized spacial score (nSPS) is 4.90. The fourth-order valence-corrected chi connectivity index (χ4v) is 0.204. The molecule has 0 saturated heterocycles. The van der Waals surface area contributed by atoms with Gasteiger partial charge in [-0.25, -0.2) is 0 Å². The Kier molecular flexibility index (Phi) is 68.3. The maximum absolute atomic E-state index is 9.49. The van der Waals surface area contributed by atoms with Crippen LogP contribution < -0.4 is 29.9 Å². The monoisotopic (exact) mass is 313 g/mol. The van der Waals surface area contributed by atoms with Gasteiger partial charge in [-0.15, -0.1) is 12.4 Å². The number of hydrogen-bond acceptors (Lipinski definition) is 2. The van der Waals surface area contributed by atoms with E-state index in [1.165, 1.54) is 0 Å². The second kappa shape index (κ2) is 22.5. The number of carboxylic acid groups (broad SMARTS) is 1. The topological polar surface area (TPSA) is 40.1 Å². The fraction of sp³-hybridized carbons (Fsp3) is 0.750. The summed E-state index contributed by atoms with van der Waals surface area (Å²) in [5.74, 6) is -0.961. The second-order valence-corrected chi connectivity index (χ2v) is 1.12. The Morgan fingerprint density at radius 3 is 1.70 bits per heavy atom. The summed E-state index contributed by atoms with van der Waals surface area (Å²) in [6, 6.07) is 0. The summed E-state index contributed by atoms with van der Waals surface area (Å²) >= 11 is 0. The van der Waals surface area contributed by atoms with Gasteiger partial charge in [0.05, 0.1) is 0 Å². The van der Waals surface area contributed by atoms with Crippen molar-refractivity contribution in [3.05, 3.63) is 0 Å². The van der Waals surface area contributed by atoms with E-state index in [9.17, 15) is 9.90 Å². The molecule has 0 spiro atoms. The SMILES string of the molecule is CCCC(=O)[O-].Cl.[Cl-].[Cl-].[Sn]. The first kappa shape index (κ1) is 30.4. The van der Waals surface area contributed by atoms with Crippen LogP contribution in [0.2, 0.25) is 0 Å². The van der Waals surface area contributed by atoms with Crippen LogP contribution in [0.1, 0.15) is 19.8 Å². The third-order valence-corrected chi connectivity index (χ3v) is 0.454. The minimum atomic E-state index is -0.961. The van der Waals surface area contributed by atoms with E-state index in [0.717, 1.165) is 0 Å². The minimum absolute atomic E-state index is 0. The number of hydrogen-bond donors (Lipinski definition) is 0. The molecule has 6 heteroatoms. The van der Waals surface area contributed by atoms with Gasteiger partial charge in [-0.1, -0.05) is 13.3 Å². The molecule has 0 N–H and O–H groups in total. The van der Waals surface area contributed by atoms with Crippen LogP contribution >= 0.6 is 12.4 Å². The van der Waals surface area contributed by atoms with Crippen molar-refractivity contribution in [2.75, 3.05) is 0 Å². The van der Waals surface area contributed by atoms with Gasteiger partial charge in [-0.3, -0.25) is 0 Å². The van der Waals surface area contributed by atoms with E-state index < -0.39 is 5.97 Å². The number of aliphatic carboxylic acids is 1. The molecule has 0 bridgehead atoms. The Balaban J connectivity index is -0.0000000208. The molecule has 2 nitrogen and oxygen atoms in total. The third kappa shape index (κ3) is 35.3. The second-order valence-electron chi connectivity index (χ2n) is 1.12. The molecular weight excluding hydrogens is 305 g/mol. The van der Waals surface area contributed by atoms with E-state index in [1.54, 1.807) is 6.92 Å². The van der Waals surface area contributed by atoms with Crippen molar-refractivity contribution in [1.82, 2.24) is 0 Å². The summed E-state index contributed by atoms with van der Waals surface area (Å²) in [6.45, 7) is 1.80. The molecule has 0 fully saturated rings. The summed E-state index contributed by atoms with van der Waals surface area (Å²) in [6.07, 6.45) is 0.850. The molecule has 10 heavy (non-hydrogen) atoms. The van der Waals surface area contributed by atoms with Crippen molar-refractivity contribution in [3.8, 4) is 0 Å². The number of carboxylic acids is 1. The van der Waals surface area contributed by atoms with E-state index in [1.807, 2.05) is 0 Å². The van der Waals surface area contributed by atoms with E-state index in [-0.39, 0.29) is 67.5 Å². The standard InChI is InChI=1S/C4H8O2.3ClH.Sn/c1-2-3-4(5)6;;;;/h2-3H2,1H3,(H,5,6);3*1H;/p-3. The summed E-state index contributed by atoms with van der Waals surface area (Å²) in [5, 5.41) is 9.49. The van der Waals surface area contributed by atoms with Gasteiger partial charge in [-0.05, 0) is 6.42 Å². The maximum Gasteiger partial charge on any atom is 0.0414 e. The van der Waals surface area contributed by atoms with E-state index in [4.69, 9.17) is 0 Å². The zero-order valence-corrected chi connectivity index (χ0v) is 10.6. The number of carbonyl (C=O) groups is 1. The largest absolute Gasteiger partial charge is 1.00 e. The molecule has 0 aromatic heterocycles. The van der Waals surface area contributed by atoms with Crippen LogP contribution in [-0.2, 0) is 4.79 Å². The van der Waals surface area contributed by atoms with Gasteiger partial charge in [0.25, 0.3) is 0 Å². The zero-order valence-electron chi connectivity index (χ0n) is 5.39. The Bertz CT molecular complexity index is 62.5. The molecule has 0 amide bonds. The molecule has 0 aromatic carbocycles. The molecule has 0 aliphatic rings. The van der Waals surface area contributed by atoms with Gasteiger partial charge in [0.1, 0.15) is 0 Å². The van der Waals surface area contributed by atoms with Gasteiger partial charge in [0.15, 0.2) is 0 Å². The Morgan fingerprint density at radius 1 is 1.40 bits per heavy atom. The summed E-state index contributed by atoms with van der Waals surface area (Å²) in [5.41, 5.74) is 0.